The Morgan fingerprint density at radius 3 is 2.07 bits per heavy atom. The van der Waals surface area contributed by atoms with Crippen LogP contribution in [0, 0.1) is 17.8 Å². The predicted molar refractivity (Wildman–Crippen MR) is 111 cm³/mol. The highest BCUT2D eigenvalue weighted by Gasteiger charge is 2.51. The summed E-state index contributed by atoms with van der Waals surface area (Å²) >= 11 is 0. The summed E-state index contributed by atoms with van der Waals surface area (Å²) < 4.78 is 6.46. The number of piperazine rings is 1. The number of β-amino-alcohol motifs (C(OH)–C–C–N with tert-alkyl or cyclic N) is 1. The monoisotopic (exact) mass is 384 g/mol. The quantitative estimate of drug-likeness (QED) is 0.783. The molecule has 1 saturated heterocycles. The van der Waals surface area contributed by atoms with Crippen molar-refractivity contribution in [2.45, 2.75) is 56.8 Å². The van der Waals surface area contributed by atoms with Crippen LogP contribution in [0.5, 0.6) is 0 Å². The molecule has 5 aliphatic rings. The van der Waals surface area contributed by atoms with Crippen LogP contribution in [0.1, 0.15) is 44.1 Å². The van der Waals surface area contributed by atoms with Crippen molar-refractivity contribution in [1.29, 1.82) is 0 Å². The first-order valence-electron chi connectivity index (χ1n) is 11.5. The zero-order valence-corrected chi connectivity index (χ0v) is 17.1. The Labute approximate surface area is 169 Å². The van der Waals surface area contributed by atoms with Gasteiger partial charge in [0, 0.05) is 39.3 Å². The van der Waals surface area contributed by atoms with Crippen molar-refractivity contribution in [3.63, 3.8) is 0 Å². The normalized spacial score (nSPS) is 36.7. The molecule has 4 bridgehead atoms. The van der Waals surface area contributed by atoms with Crippen LogP contribution in [-0.4, -0.2) is 65.9 Å². The van der Waals surface area contributed by atoms with Gasteiger partial charge in [-0.2, -0.15) is 0 Å². The van der Waals surface area contributed by atoms with E-state index >= 15 is 0 Å². The molecule has 0 aromatic heterocycles. The van der Waals surface area contributed by atoms with Gasteiger partial charge in [0.25, 0.3) is 0 Å². The van der Waals surface area contributed by atoms with Gasteiger partial charge in [0.2, 0.25) is 0 Å². The number of rotatable bonds is 7. The van der Waals surface area contributed by atoms with E-state index in [1.165, 1.54) is 44.1 Å². The van der Waals surface area contributed by atoms with Gasteiger partial charge in [-0.1, -0.05) is 30.3 Å². The minimum absolute atomic E-state index is 0.115. The molecule has 1 aromatic carbocycles. The molecule has 154 valence electrons. The number of hydrogen-bond acceptors (Lipinski definition) is 4. The molecule has 1 unspecified atom stereocenters. The highest BCUT2D eigenvalue weighted by atomic mass is 16.5. The number of aliphatic hydroxyl groups is 1. The van der Waals surface area contributed by atoms with E-state index < -0.39 is 0 Å². The third kappa shape index (κ3) is 4.30. The molecular formula is C24H36N2O2. The zero-order chi connectivity index (χ0) is 19.0. The lowest BCUT2D eigenvalue weighted by atomic mass is 9.54. The fraction of sp³-hybridized carbons (Fsp3) is 0.750. The summed E-state index contributed by atoms with van der Waals surface area (Å²) in [6.07, 6.45) is 7.74. The maximum atomic E-state index is 10.6. The summed E-state index contributed by atoms with van der Waals surface area (Å²) in [7, 11) is 0. The van der Waals surface area contributed by atoms with Gasteiger partial charge in [-0.3, -0.25) is 9.80 Å². The second-order valence-corrected chi connectivity index (χ2v) is 10.1. The lowest BCUT2D eigenvalue weighted by Crippen LogP contribution is -2.53. The first-order chi connectivity index (χ1) is 13.7. The van der Waals surface area contributed by atoms with E-state index in [1.807, 2.05) is 0 Å². The van der Waals surface area contributed by atoms with E-state index in [0.29, 0.717) is 6.61 Å². The largest absolute Gasteiger partial charge is 0.389 e. The molecule has 1 aliphatic heterocycles. The Bertz CT molecular complexity index is 606. The minimum atomic E-state index is -0.353. The average Bonchev–Trinajstić information content (AvgIpc) is 2.68. The van der Waals surface area contributed by atoms with Gasteiger partial charge in [0.1, 0.15) is 0 Å². The molecule has 1 aromatic rings. The Hall–Kier alpha value is -0.940. The van der Waals surface area contributed by atoms with Crippen LogP contribution >= 0.6 is 0 Å². The molecule has 1 heterocycles. The van der Waals surface area contributed by atoms with Gasteiger partial charge >= 0.3 is 0 Å². The lowest BCUT2D eigenvalue weighted by Gasteiger charge is -2.56. The summed E-state index contributed by atoms with van der Waals surface area (Å²) in [6, 6.07) is 10.7. The standard InChI is InChI=1S/C24H36N2O2/c27-23(18-28-24-13-20-10-21(14-24)12-22(11-20)15-24)17-26-8-6-25(7-9-26)16-19-4-2-1-3-5-19/h1-5,20-23,27H,6-18H2. The number of hydrogen-bond donors (Lipinski definition) is 1. The maximum absolute atomic E-state index is 10.6. The Morgan fingerprint density at radius 1 is 0.893 bits per heavy atom. The van der Waals surface area contributed by atoms with E-state index in [1.54, 1.807) is 0 Å². The zero-order valence-electron chi connectivity index (χ0n) is 17.1. The van der Waals surface area contributed by atoms with Crippen molar-refractivity contribution < 1.29 is 9.84 Å². The summed E-state index contributed by atoms with van der Waals surface area (Å²) in [6.45, 7) is 6.56. The fourth-order valence-electron chi connectivity index (χ4n) is 6.80. The molecule has 5 fully saturated rings. The van der Waals surface area contributed by atoms with E-state index in [4.69, 9.17) is 4.74 Å². The third-order valence-corrected chi connectivity index (χ3v) is 7.75. The number of benzene rings is 1. The van der Waals surface area contributed by atoms with Crippen LogP contribution in [0.2, 0.25) is 0 Å². The molecule has 6 rings (SSSR count). The van der Waals surface area contributed by atoms with Gasteiger partial charge in [-0.25, -0.2) is 0 Å². The summed E-state index contributed by atoms with van der Waals surface area (Å²) in [5.74, 6) is 2.71. The second kappa shape index (κ2) is 8.06. The van der Waals surface area contributed by atoms with E-state index in [0.717, 1.165) is 57.0 Å². The fourth-order valence-corrected chi connectivity index (χ4v) is 6.80. The topological polar surface area (TPSA) is 35.9 Å². The van der Waals surface area contributed by atoms with Crippen LogP contribution in [0.15, 0.2) is 30.3 Å². The Morgan fingerprint density at radius 2 is 1.46 bits per heavy atom. The average molecular weight is 385 g/mol. The lowest BCUT2D eigenvalue weighted by molar-refractivity contribution is -0.176. The number of nitrogens with zero attached hydrogens (tertiary/aromatic N) is 2. The van der Waals surface area contributed by atoms with Crippen LogP contribution in [0.3, 0.4) is 0 Å². The smallest absolute Gasteiger partial charge is 0.0900 e. The van der Waals surface area contributed by atoms with E-state index in [2.05, 4.69) is 40.1 Å². The molecular weight excluding hydrogens is 348 g/mol. The molecule has 0 radical (unpaired) electrons. The van der Waals surface area contributed by atoms with Crippen molar-refractivity contribution in [2.75, 3.05) is 39.3 Å². The van der Waals surface area contributed by atoms with Crippen molar-refractivity contribution in [1.82, 2.24) is 9.80 Å². The van der Waals surface area contributed by atoms with Crippen LogP contribution < -0.4 is 0 Å². The first-order valence-corrected chi connectivity index (χ1v) is 11.5. The molecule has 4 aliphatic carbocycles. The van der Waals surface area contributed by atoms with Crippen molar-refractivity contribution >= 4 is 0 Å². The Kier molecular flexibility index (Phi) is 5.48. The Balaban J connectivity index is 1.05. The first kappa shape index (κ1) is 19.0. The van der Waals surface area contributed by atoms with Gasteiger partial charge in [0.15, 0.2) is 0 Å². The highest BCUT2D eigenvalue weighted by molar-refractivity contribution is 5.14. The van der Waals surface area contributed by atoms with Crippen molar-refractivity contribution in [3.8, 4) is 0 Å². The maximum Gasteiger partial charge on any atom is 0.0900 e. The SMILES string of the molecule is OC(COC12CC3CC(CC(C3)C1)C2)CN1CCN(Cc2ccccc2)CC1. The van der Waals surface area contributed by atoms with Gasteiger partial charge in [-0.15, -0.1) is 0 Å². The van der Waals surface area contributed by atoms with Crippen LogP contribution in [-0.2, 0) is 11.3 Å². The molecule has 1 N–H and O–H groups in total. The molecule has 4 nitrogen and oxygen atoms in total. The molecule has 0 amide bonds. The summed E-state index contributed by atoms with van der Waals surface area (Å²) in [5.41, 5.74) is 1.50. The second-order valence-electron chi connectivity index (χ2n) is 10.1. The number of ether oxygens (including phenoxy) is 1. The summed E-state index contributed by atoms with van der Waals surface area (Å²) in [4.78, 5) is 4.93. The van der Waals surface area contributed by atoms with Gasteiger partial charge in [-0.05, 0) is 61.8 Å². The molecule has 4 heteroatoms. The summed E-state index contributed by atoms with van der Waals surface area (Å²) in [5, 5.41) is 10.6. The molecule has 28 heavy (non-hydrogen) atoms. The van der Waals surface area contributed by atoms with Crippen LogP contribution in [0.25, 0.3) is 0 Å². The molecule has 1 atom stereocenters. The van der Waals surface area contributed by atoms with Gasteiger partial charge in [0.05, 0.1) is 18.3 Å². The van der Waals surface area contributed by atoms with Crippen molar-refractivity contribution in [2.24, 2.45) is 17.8 Å². The highest BCUT2D eigenvalue weighted by Crippen LogP contribution is 2.57. The molecule has 4 saturated carbocycles. The number of aliphatic hydroxyl groups excluding tert-OH is 1. The van der Waals surface area contributed by atoms with Crippen LogP contribution in [0.4, 0.5) is 0 Å². The minimum Gasteiger partial charge on any atom is -0.389 e. The predicted octanol–water partition coefficient (Wildman–Crippen LogP) is 3.15. The van der Waals surface area contributed by atoms with Gasteiger partial charge < -0.3 is 9.84 Å². The van der Waals surface area contributed by atoms with E-state index in [-0.39, 0.29) is 11.7 Å². The molecule has 0 spiro atoms. The van der Waals surface area contributed by atoms with E-state index in [9.17, 15) is 5.11 Å². The van der Waals surface area contributed by atoms with Crippen molar-refractivity contribution in [3.05, 3.63) is 35.9 Å². The third-order valence-electron chi connectivity index (χ3n) is 7.75.